The fourth-order valence-corrected chi connectivity index (χ4v) is 3.11. The van der Waals surface area contributed by atoms with Crippen LogP contribution in [0.3, 0.4) is 0 Å². The van der Waals surface area contributed by atoms with Gasteiger partial charge in [-0.05, 0) is 37.3 Å². The molecule has 1 aromatic heterocycles. The second kappa shape index (κ2) is 5.66. The number of benzene rings is 2. The maximum absolute atomic E-state index is 13.0. The molecule has 3 rings (SSSR count). The number of thiazole rings is 1. The van der Waals surface area contributed by atoms with E-state index in [2.05, 4.69) is 10.3 Å². The molecule has 0 atom stereocenters. The van der Waals surface area contributed by atoms with E-state index >= 15 is 0 Å². The molecule has 2 aromatic carbocycles. The molecule has 0 saturated carbocycles. The van der Waals surface area contributed by atoms with Gasteiger partial charge in [0.05, 0.1) is 26.4 Å². The molecule has 1 heterocycles. The van der Waals surface area contributed by atoms with Crippen LogP contribution in [0.15, 0.2) is 42.5 Å². The summed E-state index contributed by atoms with van der Waals surface area (Å²) in [5.41, 5.74) is -0.128. The minimum atomic E-state index is -4.58. The van der Waals surface area contributed by atoms with Crippen LogP contribution < -0.4 is 5.32 Å². The Bertz CT molecular complexity index is 886. The molecule has 3 nitrogen and oxygen atoms in total. The van der Waals surface area contributed by atoms with Gasteiger partial charge in [-0.3, -0.25) is 4.79 Å². The molecule has 0 spiro atoms. The first-order valence-corrected chi connectivity index (χ1v) is 7.51. The first-order chi connectivity index (χ1) is 10.8. The molecule has 23 heavy (non-hydrogen) atoms. The number of rotatable bonds is 2. The van der Waals surface area contributed by atoms with E-state index in [0.717, 1.165) is 27.4 Å². The number of hydrogen-bond acceptors (Lipinski definition) is 3. The van der Waals surface area contributed by atoms with Crippen molar-refractivity contribution in [2.45, 2.75) is 13.1 Å². The predicted molar refractivity (Wildman–Crippen MR) is 83.8 cm³/mol. The molecule has 1 amide bonds. The van der Waals surface area contributed by atoms with Gasteiger partial charge in [-0.25, -0.2) is 4.98 Å². The van der Waals surface area contributed by atoms with Crippen molar-refractivity contribution in [3.8, 4) is 0 Å². The summed E-state index contributed by atoms with van der Waals surface area (Å²) in [7, 11) is 0. The van der Waals surface area contributed by atoms with E-state index in [0.29, 0.717) is 5.69 Å². The molecule has 1 N–H and O–H groups in total. The van der Waals surface area contributed by atoms with Gasteiger partial charge in [-0.2, -0.15) is 13.2 Å². The number of alkyl halides is 3. The van der Waals surface area contributed by atoms with Gasteiger partial charge in [0, 0.05) is 5.69 Å². The van der Waals surface area contributed by atoms with Crippen LogP contribution in [-0.4, -0.2) is 10.9 Å². The fraction of sp³-hybridized carbons (Fsp3) is 0.125. The predicted octanol–water partition coefficient (Wildman–Crippen LogP) is 4.88. The molecule has 0 fully saturated rings. The van der Waals surface area contributed by atoms with Crippen LogP contribution >= 0.6 is 11.3 Å². The quantitative estimate of drug-likeness (QED) is 0.725. The fourth-order valence-electron chi connectivity index (χ4n) is 2.24. The van der Waals surface area contributed by atoms with Crippen molar-refractivity contribution in [3.63, 3.8) is 0 Å². The van der Waals surface area contributed by atoms with Crippen LogP contribution in [0, 0.1) is 6.92 Å². The number of aryl methyl sites for hydroxylation is 1. The minimum Gasteiger partial charge on any atom is -0.322 e. The maximum Gasteiger partial charge on any atom is 0.417 e. The van der Waals surface area contributed by atoms with Gasteiger partial charge < -0.3 is 5.32 Å². The number of anilines is 1. The number of nitrogens with one attached hydrogen (secondary N) is 1. The zero-order valence-corrected chi connectivity index (χ0v) is 12.8. The van der Waals surface area contributed by atoms with Crippen molar-refractivity contribution in [2.24, 2.45) is 0 Å². The zero-order chi connectivity index (χ0) is 16.6. The Morgan fingerprint density at radius 3 is 2.65 bits per heavy atom. The van der Waals surface area contributed by atoms with Gasteiger partial charge in [0.15, 0.2) is 0 Å². The summed E-state index contributed by atoms with van der Waals surface area (Å²) in [4.78, 5) is 16.5. The third kappa shape index (κ3) is 3.19. The molecule has 118 valence electrons. The highest BCUT2D eigenvalue weighted by atomic mass is 32.1. The lowest BCUT2D eigenvalue weighted by atomic mass is 10.1. The average Bonchev–Trinajstić information content (AvgIpc) is 2.85. The van der Waals surface area contributed by atoms with Gasteiger partial charge in [0.25, 0.3) is 5.91 Å². The van der Waals surface area contributed by atoms with Gasteiger partial charge in [-0.15, -0.1) is 11.3 Å². The molecule has 0 unspecified atom stereocenters. The van der Waals surface area contributed by atoms with Crippen LogP contribution in [0.25, 0.3) is 10.2 Å². The number of carbonyl (C=O) groups is 1. The standard InChI is InChI=1S/C16H11F3N2OS/c1-9-20-13-7-6-10(8-14(13)23-9)21-15(22)11-4-2-3-5-12(11)16(17,18)19/h2-8H,1H3,(H,21,22). The molecule has 0 aliphatic rings. The number of fused-ring (bicyclic) bond motifs is 1. The molecule has 7 heteroatoms. The third-order valence-corrected chi connectivity index (χ3v) is 4.16. The summed E-state index contributed by atoms with van der Waals surface area (Å²) in [6.45, 7) is 1.86. The third-order valence-electron chi connectivity index (χ3n) is 3.23. The lowest BCUT2D eigenvalue weighted by Crippen LogP contribution is -2.18. The van der Waals surface area contributed by atoms with E-state index in [1.807, 2.05) is 6.92 Å². The van der Waals surface area contributed by atoms with Gasteiger partial charge >= 0.3 is 6.18 Å². The molecule has 3 aromatic rings. The monoisotopic (exact) mass is 336 g/mol. The number of hydrogen-bond donors (Lipinski definition) is 1. The Kier molecular flexibility index (Phi) is 3.81. The van der Waals surface area contributed by atoms with Crippen LogP contribution in [0.1, 0.15) is 20.9 Å². The molecule has 0 bridgehead atoms. The number of aromatic nitrogens is 1. The summed E-state index contributed by atoms with van der Waals surface area (Å²) in [5.74, 6) is -0.793. The summed E-state index contributed by atoms with van der Waals surface area (Å²) in [6.07, 6.45) is -4.58. The van der Waals surface area contributed by atoms with E-state index in [9.17, 15) is 18.0 Å². The molecular formula is C16H11F3N2OS. The molecular weight excluding hydrogens is 325 g/mol. The normalized spacial score (nSPS) is 11.7. The van der Waals surface area contributed by atoms with Crippen LogP contribution in [0.4, 0.5) is 18.9 Å². The topological polar surface area (TPSA) is 42.0 Å². The highest BCUT2D eigenvalue weighted by Crippen LogP contribution is 2.32. The van der Waals surface area contributed by atoms with E-state index in [1.54, 1.807) is 18.2 Å². The number of nitrogens with zero attached hydrogens (tertiary/aromatic N) is 1. The first kappa shape index (κ1) is 15.5. The largest absolute Gasteiger partial charge is 0.417 e. The highest BCUT2D eigenvalue weighted by molar-refractivity contribution is 7.18. The van der Waals surface area contributed by atoms with Crippen LogP contribution in [0.5, 0.6) is 0 Å². The Morgan fingerprint density at radius 2 is 1.91 bits per heavy atom. The van der Waals surface area contributed by atoms with Crippen LogP contribution in [0.2, 0.25) is 0 Å². The number of halogens is 3. The average molecular weight is 336 g/mol. The zero-order valence-electron chi connectivity index (χ0n) is 11.9. The molecule has 0 saturated heterocycles. The molecule has 0 aliphatic heterocycles. The van der Waals surface area contributed by atoms with E-state index in [-0.39, 0.29) is 0 Å². The molecule has 0 radical (unpaired) electrons. The van der Waals surface area contributed by atoms with Crippen molar-refractivity contribution in [1.82, 2.24) is 4.98 Å². The van der Waals surface area contributed by atoms with Crippen molar-refractivity contribution in [2.75, 3.05) is 5.32 Å². The van der Waals surface area contributed by atoms with Crippen molar-refractivity contribution in [3.05, 3.63) is 58.6 Å². The van der Waals surface area contributed by atoms with Crippen molar-refractivity contribution in [1.29, 1.82) is 0 Å². The van der Waals surface area contributed by atoms with Crippen LogP contribution in [-0.2, 0) is 6.18 Å². The SMILES string of the molecule is Cc1nc2ccc(NC(=O)c3ccccc3C(F)(F)F)cc2s1. The number of carbonyl (C=O) groups excluding carboxylic acids is 1. The summed E-state index contributed by atoms with van der Waals surface area (Å²) >= 11 is 1.45. The maximum atomic E-state index is 13.0. The second-order valence-corrected chi connectivity index (χ2v) is 6.15. The lowest BCUT2D eigenvalue weighted by molar-refractivity contribution is -0.137. The lowest BCUT2D eigenvalue weighted by Gasteiger charge is -2.12. The summed E-state index contributed by atoms with van der Waals surface area (Å²) in [5, 5.41) is 3.39. The minimum absolute atomic E-state index is 0.402. The van der Waals surface area contributed by atoms with E-state index in [1.165, 1.54) is 23.5 Å². The Morgan fingerprint density at radius 1 is 1.17 bits per heavy atom. The Labute approximate surface area is 133 Å². The number of amides is 1. The second-order valence-electron chi connectivity index (χ2n) is 4.91. The van der Waals surface area contributed by atoms with Crippen molar-refractivity contribution < 1.29 is 18.0 Å². The summed E-state index contributed by atoms with van der Waals surface area (Å²) in [6, 6.07) is 9.76. The van der Waals surface area contributed by atoms with Gasteiger partial charge in [-0.1, -0.05) is 12.1 Å². The van der Waals surface area contributed by atoms with E-state index < -0.39 is 23.2 Å². The Hall–Kier alpha value is -2.41. The highest BCUT2D eigenvalue weighted by Gasteiger charge is 2.34. The Balaban J connectivity index is 1.92. The van der Waals surface area contributed by atoms with Gasteiger partial charge in [0.2, 0.25) is 0 Å². The smallest absolute Gasteiger partial charge is 0.322 e. The summed E-state index contributed by atoms with van der Waals surface area (Å²) < 4.78 is 39.8. The van der Waals surface area contributed by atoms with Gasteiger partial charge in [0.1, 0.15) is 0 Å². The first-order valence-electron chi connectivity index (χ1n) is 6.69. The van der Waals surface area contributed by atoms with Crippen molar-refractivity contribution >= 4 is 33.1 Å². The van der Waals surface area contributed by atoms with E-state index in [4.69, 9.17) is 0 Å². The molecule has 0 aliphatic carbocycles.